The monoisotopic (exact) mass is 325 g/mol. The van der Waals surface area contributed by atoms with Gasteiger partial charge in [-0.1, -0.05) is 6.92 Å². The van der Waals surface area contributed by atoms with Crippen molar-refractivity contribution in [2.75, 3.05) is 18.1 Å². The van der Waals surface area contributed by atoms with Crippen LogP contribution in [0.2, 0.25) is 0 Å². The van der Waals surface area contributed by atoms with Gasteiger partial charge >= 0.3 is 5.76 Å². The van der Waals surface area contributed by atoms with Crippen LogP contribution in [0, 0.1) is 0 Å². The lowest BCUT2D eigenvalue weighted by atomic mass is 10.3. The third-order valence-corrected chi connectivity index (χ3v) is 5.63. The summed E-state index contributed by atoms with van der Waals surface area (Å²) in [4.78, 5) is -0.402. The molecular formula is C12H17F2NO3S2. The van der Waals surface area contributed by atoms with Gasteiger partial charge in [0.25, 0.3) is 0 Å². The van der Waals surface area contributed by atoms with Gasteiger partial charge in [0, 0.05) is 34.5 Å². The molecule has 0 bridgehead atoms. The normalized spacial score (nSPS) is 15.1. The molecule has 2 atom stereocenters. The lowest BCUT2D eigenvalue weighted by Gasteiger charge is -2.10. The summed E-state index contributed by atoms with van der Waals surface area (Å²) >= 11 is 0. The minimum atomic E-state index is -4.54. The topological polar surface area (TPSA) is 63.2 Å². The van der Waals surface area contributed by atoms with E-state index in [2.05, 4.69) is 5.32 Å². The van der Waals surface area contributed by atoms with Crippen LogP contribution in [0.15, 0.2) is 29.2 Å². The first kappa shape index (κ1) is 17.0. The van der Waals surface area contributed by atoms with Crippen LogP contribution in [0.5, 0.6) is 0 Å². The summed E-state index contributed by atoms with van der Waals surface area (Å²) in [6.07, 6.45) is 2.33. The Balaban J connectivity index is 2.62. The van der Waals surface area contributed by atoms with E-state index in [1.54, 1.807) is 6.26 Å². The summed E-state index contributed by atoms with van der Waals surface area (Å²) < 4.78 is 58.3. The van der Waals surface area contributed by atoms with Crippen molar-refractivity contribution in [1.82, 2.24) is 0 Å². The van der Waals surface area contributed by atoms with Crippen molar-refractivity contribution >= 4 is 26.3 Å². The molecule has 0 aromatic heterocycles. The fourth-order valence-electron chi connectivity index (χ4n) is 1.45. The summed E-state index contributed by atoms with van der Waals surface area (Å²) in [7, 11) is -5.43. The zero-order valence-corrected chi connectivity index (χ0v) is 12.8. The van der Waals surface area contributed by atoms with Crippen LogP contribution < -0.4 is 5.32 Å². The highest BCUT2D eigenvalue weighted by molar-refractivity contribution is 7.91. The number of hydrogen-bond acceptors (Lipinski definition) is 4. The van der Waals surface area contributed by atoms with Crippen LogP contribution in [-0.4, -0.2) is 36.4 Å². The molecule has 0 aliphatic carbocycles. The van der Waals surface area contributed by atoms with Crippen molar-refractivity contribution in [3.05, 3.63) is 24.3 Å². The average molecular weight is 325 g/mol. The lowest BCUT2D eigenvalue weighted by Crippen LogP contribution is -2.15. The minimum Gasteiger partial charge on any atom is -0.385 e. The highest BCUT2D eigenvalue weighted by Gasteiger charge is 2.26. The predicted octanol–water partition coefficient (Wildman–Crippen LogP) is 2.25. The minimum absolute atomic E-state index is 0.0565. The van der Waals surface area contributed by atoms with Gasteiger partial charge in [0.2, 0.25) is 9.84 Å². The number of rotatable bonds is 7. The smallest absolute Gasteiger partial charge is 0.341 e. The molecule has 0 radical (unpaired) electrons. The lowest BCUT2D eigenvalue weighted by molar-refractivity contribution is 0.234. The van der Waals surface area contributed by atoms with Crippen molar-refractivity contribution in [3.8, 4) is 0 Å². The number of sulfone groups is 1. The van der Waals surface area contributed by atoms with E-state index < -0.39 is 31.3 Å². The Hall–Kier alpha value is -1.02. The first-order valence-electron chi connectivity index (χ1n) is 5.93. The van der Waals surface area contributed by atoms with Gasteiger partial charge in [-0.15, -0.1) is 0 Å². The standard InChI is InChI=1S/C12H17F2NO3S2/c1-9(19(2)16)7-8-15-10-3-5-11(6-4-10)20(17,18)12(13)14/h3-6,9,12,15H,7-8H2,1-2H3. The Morgan fingerprint density at radius 3 is 2.25 bits per heavy atom. The molecule has 0 spiro atoms. The van der Waals surface area contributed by atoms with Crippen LogP contribution in [-0.2, 0) is 20.6 Å². The SMILES string of the molecule is CC(CCNc1ccc(S(=O)(=O)C(F)F)cc1)S(C)=O. The molecule has 1 rings (SSSR count). The summed E-state index contributed by atoms with van der Waals surface area (Å²) in [5, 5.41) is 3.08. The fourth-order valence-corrected chi connectivity index (χ4v) is 2.62. The summed E-state index contributed by atoms with van der Waals surface area (Å²) in [5.41, 5.74) is 0.632. The maximum absolute atomic E-state index is 12.3. The molecular weight excluding hydrogens is 308 g/mol. The van der Waals surface area contributed by atoms with Gasteiger partial charge in [-0.05, 0) is 30.7 Å². The van der Waals surface area contributed by atoms with Crippen LogP contribution in [0.25, 0.3) is 0 Å². The molecule has 1 aromatic rings. The summed E-state index contributed by atoms with van der Waals surface area (Å²) in [6.45, 7) is 2.44. The van der Waals surface area contributed by atoms with Gasteiger partial charge in [-0.2, -0.15) is 8.78 Å². The van der Waals surface area contributed by atoms with E-state index in [0.29, 0.717) is 18.7 Å². The van der Waals surface area contributed by atoms with Crippen LogP contribution >= 0.6 is 0 Å². The van der Waals surface area contributed by atoms with E-state index in [1.807, 2.05) is 6.92 Å². The molecule has 20 heavy (non-hydrogen) atoms. The van der Waals surface area contributed by atoms with Gasteiger partial charge in [-0.3, -0.25) is 4.21 Å². The van der Waals surface area contributed by atoms with Crippen molar-refractivity contribution in [3.63, 3.8) is 0 Å². The van der Waals surface area contributed by atoms with Crippen LogP contribution in [0.4, 0.5) is 14.5 Å². The first-order chi connectivity index (χ1) is 9.25. The highest BCUT2D eigenvalue weighted by atomic mass is 32.2. The molecule has 0 aliphatic rings. The molecule has 8 heteroatoms. The Kier molecular flexibility index (Phi) is 6.07. The number of hydrogen-bond donors (Lipinski definition) is 1. The summed E-state index contributed by atoms with van der Waals surface area (Å²) in [6, 6.07) is 5.15. The molecule has 0 amide bonds. The molecule has 4 nitrogen and oxygen atoms in total. The second-order valence-corrected chi connectivity index (χ2v) is 8.07. The van der Waals surface area contributed by atoms with Gasteiger partial charge in [0.05, 0.1) is 4.90 Å². The Morgan fingerprint density at radius 1 is 1.25 bits per heavy atom. The molecule has 1 N–H and O–H groups in total. The molecule has 0 saturated carbocycles. The molecule has 114 valence electrons. The van der Waals surface area contributed by atoms with Crippen molar-refractivity contribution in [2.45, 2.75) is 29.2 Å². The van der Waals surface area contributed by atoms with E-state index in [1.165, 1.54) is 12.1 Å². The fraction of sp³-hybridized carbons (Fsp3) is 0.500. The van der Waals surface area contributed by atoms with E-state index >= 15 is 0 Å². The maximum atomic E-state index is 12.3. The van der Waals surface area contributed by atoms with Crippen molar-refractivity contribution in [2.24, 2.45) is 0 Å². The second kappa shape index (κ2) is 7.12. The van der Waals surface area contributed by atoms with Crippen LogP contribution in [0.1, 0.15) is 13.3 Å². The molecule has 2 unspecified atom stereocenters. The maximum Gasteiger partial charge on any atom is 0.341 e. The Bertz CT molecular complexity index is 559. The van der Waals surface area contributed by atoms with E-state index in [0.717, 1.165) is 12.1 Å². The van der Waals surface area contributed by atoms with E-state index in [4.69, 9.17) is 0 Å². The van der Waals surface area contributed by atoms with Gasteiger partial charge < -0.3 is 5.32 Å². The van der Waals surface area contributed by atoms with Gasteiger partial charge in [0.15, 0.2) is 0 Å². The van der Waals surface area contributed by atoms with Gasteiger partial charge in [0.1, 0.15) is 0 Å². The van der Waals surface area contributed by atoms with Crippen LogP contribution in [0.3, 0.4) is 0 Å². The second-order valence-electron chi connectivity index (χ2n) is 4.35. The molecule has 0 fully saturated rings. The number of nitrogens with one attached hydrogen (secondary N) is 1. The number of alkyl halides is 2. The first-order valence-corrected chi connectivity index (χ1v) is 9.10. The average Bonchev–Trinajstić information content (AvgIpc) is 2.38. The van der Waals surface area contributed by atoms with Gasteiger partial charge in [-0.25, -0.2) is 8.42 Å². The third kappa shape index (κ3) is 4.52. The Morgan fingerprint density at radius 2 is 1.80 bits per heavy atom. The number of halogens is 2. The van der Waals surface area contributed by atoms with Crippen molar-refractivity contribution < 1.29 is 21.4 Å². The Labute approximate surface area is 120 Å². The molecule has 0 saturated heterocycles. The van der Waals surface area contributed by atoms with Crippen molar-refractivity contribution in [1.29, 1.82) is 0 Å². The highest BCUT2D eigenvalue weighted by Crippen LogP contribution is 2.20. The number of anilines is 1. The summed E-state index contributed by atoms with van der Waals surface area (Å²) in [5.74, 6) is -3.42. The molecule has 0 heterocycles. The number of benzene rings is 1. The quantitative estimate of drug-likeness (QED) is 0.835. The van der Waals surface area contributed by atoms with E-state index in [9.17, 15) is 21.4 Å². The zero-order chi connectivity index (χ0) is 15.3. The zero-order valence-electron chi connectivity index (χ0n) is 11.2. The molecule has 0 aliphatic heterocycles. The molecule has 1 aromatic carbocycles. The third-order valence-electron chi connectivity index (χ3n) is 2.86. The van der Waals surface area contributed by atoms with E-state index in [-0.39, 0.29) is 5.25 Å². The predicted molar refractivity (Wildman–Crippen MR) is 76.3 cm³/mol. The largest absolute Gasteiger partial charge is 0.385 e.